The minimum Gasteiger partial charge on any atom is -0.443 e. The standard InChI is InChI=1S/C7H6FNO/c8-6-3-1-2-4-7(6)10-5-9/h1-5,9H. The molecule has 2 nitrogen and oxygen atoms in total. The van der Waals surface area contributed by atoms with E-state index < -0.39 is 5.82 Å². The highest BCUT2D eigenvalue weighted by Crippen LogP contribution is 2.13. The van der Waals surface area contributed by atoms with Crippen molar-refractivity contribution in [2.24, 2.45) is 0 Å². The van der Waals surface area contributed by atoms with Gasteiger partial charge in [0.05, 0.1) is 0 Å². The van der Waals surface area contributed by atoms with Gasteiger partial charge in [-0.15, -0.1) is 0 Å². The maximum Gasteiger partial charge on any atom is 0.174 e. The van der Waals surface area contributed by atoms with Crippen LogP contribution < -0.4 is 4.74 Å². The Balaban J connectivity index is 2.91. The highest BCUT2D eigenvalue weighted by molar-refractivity contribution is 5.48. The van der Waals surface area contributed by atoms with E-state index in [4.69, 9.17) is 5.41 Å². The smallest absolute Gasteiger partial charge is 0.174 e. The summed E-state index contributed by atoms with van der Waals surface area (Å²) in [5, 5.41) is 6.52. The van der Waals surface area contributed by atoms with E-state index in [-0.39, 0.29) is 5.75 Å². The Kier molecular flexibility index (Phi) is 1.99. The molecule has 52 valence electrons. The van der Waals surface area contributed by atoms with Gasteiger partial charge in [0.25, 0.3) is 0 Å². The molecule has 0 aliphatic carbocycles. The van der Waals surface area contributed by atoms with Gasteiger partial charge in [-0.05, 0) is 12.1 Å². The molecule has 0 spiro atoms. The first-order valence-electron chi connectivity index (χ1n) is 2.74. The van der Waals surface area contributed by atoms with E-state index in [1.165, 1.54) is 12.1 Å². The fourth-order valence-corrected chi connectivity index (χ4v) is 0.604. The van der Waals surface area contributed by atoms with Crippen LogP contribution in [0.5, 0.6) is 5.75 Å². The topological polar surface area (TPSA) is 33.1 Å². The molecule has 0 bridgehead atoms. The third-order valence-electron chi connectivity index (χ3n) is 1.02. The normalized spacial score (nSPS) is 8.90. The summed E-state index contributed by atoms with van der Waals surface area (Å²) < 4.78 is 17.1. The van der Waals surface area contributed by atoms with Crippen LogP contribution >= 0.6 is 0 Å². The average molecular weight is 139 g/mol. The Bertz CT molecular complexity index is 237. The van der Waals surface area contributed by atoms with Crippen LogP contribution in [0.15, 0.2) is 24.3 Å². The lowest BCUT2D eigenvalue weighted by Gasteiger charge is -1.97. The highest BCUT2D eigenvalue weighted by atomic mass is 19.1. The fraction of sp³-hybridized carbons (Fsp3) is 0. The monoisotopic (exact) mass is 139 g/mol. The summed E-state index contributed by atoms with van der Waals surface area (Å²) in [7, 11) is 0. The molecule has 0 atom stereocenters. The van der Waals surface area contributed by atoms with Crippen molar-refractivity contribution in [1.29, 1.82) is 5.41 Å². The molecule has 0 fully saturated rings. The quantitative estimate of drug-likeness (QED) is 0.492. The van der Waals surface area contributed by atoms with Gasteiger partial charge >= 0.3 is 0 Å². The van der Waals surface area contributed by atoms with E-state index in [1.54, 1.807) is 12.1 Å². The minimum atomic E-state index is -0.453. The van der Waals surface area contributed by atoms with Crippen molar-refractivity contribution < 1.29 is 9.13 Å². The summed E-state index contributed by atoms with van der Waals surface area (Å²) in [5.41, 5.74) is 0. The van der Waals surface area contributed by atoms with Crippen LogP contribution in [0.3, 0.4) is 0 Å². The molecule has 1 N–H and O–H groups in total. The molecule has 3 heteroatoms. The van der Waals surface area contributed by atoms with Crippen LogP contribution in [0.25, 0.3) is 0 Å². The van der Waals surface area contributed by atoms with E-state index >= 15 is 0 Å². The SMILES string of the molecule is N=COc1ccccc1F. The zero-order chi connectivity index (χ0) is 7.40. The largest absolute Gasteiger partial charge is 0.443 e. The molecular formula is C7H6FNO. The molecule has 1 rings (SSSR count). The fourth-order valence-electron chi connectivity index (χ4n) is 0.604. The Morgan fingerprint density at radius 3 is 2.70 bits per heavy atom. The molecule has 0 amide bonds. The second-order valence-corrected chi connectivity index (χ2v) is 1.67. The van der Waals surface area contributed by atoms with E-state index in [2.05, 4.69) is 4.74 Å². The molecule has 1 aromatic rings. The Labute approximate surface area is 57.8 Å². The number of benzene rings is 1. The summed E-state index contributed by atoms with van der Waals surface area (Å²) in [6.45, 7) is 0. The maximum atomic E-state index is 12.5. The van der Waals surface area contributed by atoms with E-state index in [0.29, 0.717) is 6.40 Å². The molecule has 0 aliphatic heterocycles. The van der Waals surface area contributed by atoms with Crippen LogP contribution in [0.1, 0.15) is 0 Å². The Morgan fingerprint density at radius 2 is 2.10 bits per heavy atom. The molecule has 0 aliphatic rings. The molecule has 0 radical (unpaired) electrons. The molecule has 10 heavy (non-hydrogen) atoms. The van der Waals surface area contributed by atoms with Crippen molar-refractivity contribution >= 4 is 6.40 Å². The molecule has 1 aromatic carbocycles. The molecule has 0 aromatic heterocycles. The van der Waals surface area contributed by atoms with Gasteiger partial charge in [-0.2, -0.15) is 0 Å². The Hall–Kier alpha value is -1.38. The van der Waals surface area contributed by atoms with Gasteiger partial charge in [-0.25, -0.2) is 4.39 Å². The van der Waals surface area contributed by atoms with Crippen LogP contribution in [0.4, 0.5) is 4.39 Å². The third-order valence-corrected chi connectivity index (χ3v) is 1.02. The van der Waals surface area contributed by atoms with E-state index in [9.17, 15) is 4.39 Å². The van der Waals surface area contributed by atoms with Crippen LogP contribution in [-0.2, 0) is 0 Å². The predicted octanol–water partition coefficient (Wildman–Crippen LogP) is 1.81. The van der Waals surface area contributed by atoms with Gasteiger partial charge < -0.3 is 4.74 Å². The first-order chi connectivity index (χ1) is 4.84. The van der Waals surface area contributed by atoms with Crippen molar-refractivity contribution in [3.05, 3.63) is 30.1 Å². The van der Waals surface area contributed by atoms with Crippen LogP contribution in [0.2, 0.25) is 0 Å². The first-order valence-corrected chi connectivity index (χ1v) is 2.74. The highest BCUT2D eigenvalue weighted by Gasteiger charge is 1.97. The van der Waals surface area contributed by atoms with E-state index in [1.807, 2.05) is 0 Å². The van der Waals surface area contributed by atoms with Crippen LogP contribution in [0, 0.1) is 11.2 Å². The number of ether oxygens (including phenoxy) is 1. The lowest BCUT2D eigenvalue weighted by Crippen LogP contribution is -1.89. The molecular weight excluding hydrogens is 133 g/mol. The summed E-state index contributed by atoms with van der Waals surface area (Å²) in [6.07, 6.45) is 0.693. The number of rotatable bonds is 2. The Morgan fingerprint density at radius 1 is 1.40 bits per heavy atom. The molecule has 0 saturated carbocycles. The van der Waals surface area contributed by atoms with Gasteiger partial charge in [0.2, 0.25) is 0 Å². The lowest BCUT2D eigenvalue weighted by atomic mass is 10.3. The van der Waals surface area contributed by atoms with Crippen molar-refractivity contribution in [3.63, 3.8) is 0 Å². The number of hydrogen-bond donors (Lipinski definition) is 1. The number of nitrogens with one attached hydrogen (secondary N) is 1. The second-order valence-electron chi connectivity index (χ2n) is 1.67. The zero-order valence-corrected chi connectivity index (χ0v) is 5.17. The maximum absolute atomic E-state index is 12.5. The van der Waals surface area contributed by atoms with Crippen molar-refractivity contribution in [2.75, 3.05) is 0 Å². The second kappa shape index (κ2) is 2.96. The van der Waals surface area contributed by atoms with Gasteiger partial charge in [0.15, 0.2) is 18.0 Å². The number of para-hydroxylation sites is 1. The van der Waals surface area contributed by atoms with Gasteiger partial charge in [0, 0.05) is 0 Å². The number of hydrogen-bond acceptors (Lipinski definition) is 2. The average Bonchev–Trinajstić information content (AvgIpc) is 1.94. The van der Waals surface area contributed by atoms with Crippen molar-refractivity contribution in [3.8, 4) is 5.75 Å². The summed E-state index contributed by atoms with van der Waals surface area (Å²) in [6, 6.07) is 5.94. The predicted molar refractivity (Wildman–Crippen MR) is 35.8 cm³/mol. The van der Waals surface area contributed by atoms with Crippen molar-refractivity contribution in [1.82, 2.24) is 0 Å². The minimum absolute atomic E-state index is 0.0810. The summed E-state index contributed by atoms with van der Waals surface area (Å²) in [4.78, 5) is 0. The molecule has 0 unspecified atom stereocenters. The van der Waals surface area contributed by atoms with Gasteiger partial charge in [0.1, 0.15) is 0 Å². The summed E-state index contributed by atoms with van der Waals surface area (Å²) in [5.74, 6) is -0.372. The zero-order valence-electron chi connectivity index (χ0n) is 5.17. The summed E-state index contributed by atoms with van der Waals surface area (Å²) >= 11 is 0. The van der Waals surface area contributed by atoms with Crippen molar-refractivity contribution in [2.45, 2.75) is 0 Å². The van der Waals surface area contributed by atoms with Crippen LogP contribution in [-0.4, -0.2) is 6.40 Å². The molecule has 0 saturated heterocycles. The number of halogens is 1. The lowest BCUT2D eigenvalue weighted by molar-refractivity contribution is 0.503. The van der Waals surface area contributed by atoms with Gasteiger partial charge in [-0.1, -0.05) is 12.1 Å². The van der Waals surface area contributed by atoms with E-state index in [0.717, 1.165) is 0 Å². The third kappa shape index (κ3) is 1.31. The van der Waals surface area contributed by atoms with Gasteiger partial charge in [-0.3, -0.25) is 5.41 Å². The molecule has 0 heterocycles. The first kappa shape index (κ1) is 6.74.